The van der Waals surface area contributed by atoms with E-state index in [1.807, 2.05) is 0 Å². The lowest BCUT2D eigenvalue weighted by atomic mass is 9.96. The quantitative estimate of drug-likeness (QED) is 0.630. The molecule has 31 heavy (non-hydrogen) atoms. The third-order valence-electron chi connectivity index (χ3n) is 5.20. The van der Waals surface area contributed by atoms with Crippen molar-refractivity contribution in [3.8, 4) is 0 Å². The Morgan fingerprint density at radius 1 is 1.13 bits per heavy atom. The number of rotatable bonds is 7. The number of fused-ring (bicyclic) bond motifs is 1. The third kappa shape index (κ3) is 5.70. The Kier molecular flexibility index (Phi) is 8.17. The maximum absolute atomic E-state index is 12.9. The summed E-state index contributed by atoms with van der Waals surface area (Å²) in [5, 5.41) is 3.32. The molecule has 0 bridgehead atoms. The first kappa shape index (κ1) is 22.9. The summed E-state index contributed by atoms with van der Waals surface area (Å²) in [6.07, 6.45) is 8.31. The van der Waals surface area contributed by atoms with Gasteiger partial charge in [-0.1, -0.05) is 19.8 Å². The molecule has 0 aliphatic heterocycles. The lowest BCUT2D eigenvalue weighted by Gasteiger charge is -2.16. The van der Waals surface area contributed by atoms with E-state index in [1.54, 1.807) is 32.2 Å². The molecule has 2 aromatic heterocycles. The van der Waals surface area contributed by atoms with Gasteiger partial charge in [0.1, 0.15) is 5.00 Å². The van der Waals surface area contributed by atoms with Gasteiger partial charge in [0.05, 0.1) is 17.7 Å². The Morgan fingerprint density at radius 2 is 1.90 bits per heavy atom. The van der Waals surface area contributed by atoms with Gasteiger partial charge < -0.3 is 14.8 Å². The van der Waals surface area contributed by atoms with Gasteiger partial charge >= 0.3 is 11.9 Å². The van der Waals surface area contributed by atoms with E-state index in [1.165, 1.54) is 17.5 Å². The molecule has 1 aliphatic carbocycles. The van der Waals surface area contributed by atoms with Crippen LogP contribution >= 0.6 is 11.3 Å². The lowest BCUT2D eigenvalue weighted by Crippen LogP contribution is -2.32. The molecule has 166 valence electrons. The maximum Gasteiger partial charge on any atom is 0.341 e. The van der Waals surface area contributed by atoms with Gasteiger partial charge in [0.15, 0.2) is 6.10 Å². The van der Waals surface area contributed by atoms with Crippen LogP contribution in [0.15, 0.2) is 24.5 Å². The Morgan fingerprint density at radius 3 is 2.58 bits per heavy atom. The van der Waals surface area contributed by atoms with Gasteiger partial charge in [0, 0.05) is 17.3 Å². The molecule has 0 spiro atoms. The van der Waals surface area contributed by atoms with E-state index in [4.69, 9.17) is 9.47 Å². The second-order valence-electron chi connectivity index (χ2n) is 7.38. The summed E-state index contributed by atoms with van der Waals surface area (Å²) < 4.78 is 10.7. The normalized spacial score (nSPS) is 14.5. The van der Waals surface area contributed by atoms with E-state index in [0.29, 0.717) is 17.0 Å². The van der Waals surface area contributed by atoms with Crippen LogP contribution in [-0.2, 0) is 27.1 Å². The van der Waals surface area contributed by atoms with Gasteiger partial charge in [-0.2, -0.15) is 0 Å². The van der Waals surface area contributed by atoms with E-state index in [2.05, 4.69) is 10.3 Å². The molecule has 3 rings (SSSR count). The molecule has 1 N–H and O–H groups in total. The van der Waals surface area contributed by atoms with Crippen molar-refractivity contribution in [3.63, 3.8) is 0 Å². The number of aromatic nitrogens is 1. The number of nitrogens with one attached hydrogen (secondary N) is 1. The minimum absolute atomic E-state index is 0.261. The summed E-state index contributed by atoms with van der Waals surface area (Å²) in [4.78, 5) is 43.0. The molecular formula is C23H28N2O5S. The second kappa shape index (κ2) is 11.0. The van der Waals surface area contributed by atoms with Crippen molar-refractivity contribution < 1.29 is 23.9 Å². The molecule has 8 heteroatoms. The monoisotopic (exact) mass is 444 g/mol. The highest BCUT2D eigenvalue weighted by molar-refractivity contribution is 7.17. The van der Waals surface area contributed by atoms with E-state index in [0.717, 1.165) is 49.0 Å². The number of aryl methyl sites for hydroxylation is 1. The molecule has 1 amide bonds. The Balaban J connectivity index is 1.82. The van der Waals surface area contributed by atoms with Crippen molar-refractivity contribution in [3.05, 3.63) is 46.1 Å². The molecule has 7 nitrogen and oxygen atoms in total. The zero-order valence-corrected chi connectivity index (χ0v) is 18.8. The van der Waals surface area contributed by atoms with Crippen molar-refractivity contribution in [2.24, 2.45) is 0 Å². The summed E-state index contributed by atoms with van der Waals surface area (Å²) in [6.45, 7) is 3.79. The van der Waals surface area contributed by atoms with Crippen LogP contribution in [0.1, 0.15) is 77.1 Å². The number of ether oxygens (including phenoxy) is 2. The number of carbonyl (C=O) groups is 3. The van der Waals surface area contributed by atoms with Gasteiger partial charge in [-0.3, -0.25) is 9.78 Å². The fourth-order valence-electron chi connectivity index (χ4n) is 3.62. The van der Waals surface area contributed by atoms with Gasteiger partial charge in [-0.15, -0.1) is 11.3 Å². The number of hydrogen-bond donors (Lipinski definition) is 1. The minimum Gasteiger partial charge on any atom is -0.462 e. The summed E-state index contributed by atoms with van der Waals surface area (Å²) in [7, 11) is 0. The highest BCUT2D eigenvalue weighted by atomic mass is 32.1. The van der Waals surface area contributed by atoms with Gasteiger partial charge in [-0.05, 0) is 56.7 Å². The van der Waals surface area contributed by atoms with Crippen molar-refractivity contribution in [1.29, 1.82) is 0 Å². The van der Waals surface area contributed by atoms with E-state index >= 15 is 0 Å². The number of pyridine rings is 1. The minimum atomic E-state index is -0.979. The van der Waals surface area contributed by atoms with Crippen LogP contribution in [0.4, 0.5) is 5.00 Å². The number of hydrogen-bond acceptors (Lipinski definition) is 7. The molecule has 0 saturated carbocycles. The van der Waals surface area contributed by atoms with Gasteiger partial charge in [0.2, 0.25) is 0 Å². The number of nitrogens with zero attached hydrogens (tertiary/aromatic N) is 1. The third-order valence-corrected chi connectivity index (χ3v) is 6.40. The standard InChI is InChI=1S/C23H28N2O5S/c1-3-17(30-22(27)15-10-9-13-24-14-15)20(26)25-21-19(23(28)29-4-2)16-11-7-5-6-8-12-18(16)31-21/h9-10,13-14,17H,3-8,11-12H2,1-2H3,(H,25,26). The predicted octanol–water partition coefficient (Wildman–Crippen LogP) is 4.55. The first-order valence-corrected chi connectivity index (χ1v) is 11.6. The molecule has 2 heterocycles. The lowest BCUT2D eigenvalue weighted by molar-refractivity contribution is -0.124. The first-order chi connectivity index (χ1) is 15.0. The second-order valence-corrected chi connectivity index (χ2v) is 8.48. The zero-order valence-electron chi connectivity index (χ0n) is 17.9. The Labute approximate surface area is 186 Å². The van der Waals surface area contributed by atoms with E-state index < -0.39 is 23.9 Å². The van der Waals surface area contributed by atoms with Crippen LogP contribution < -0.4 is 5.32 Å². The SMILES string of the molecule is CCOC(=O)c1c(NC(=O)C(CC)OC(=O)c2cccnc2)sc2c1CCCCCC2. The van der Waals surface area contributed by atoms with Crippen LogP contribution in [0, 0.1) is 0 Å². The summed E-state index contributed by atoms with van der Waals surface area (Å²) in [5.41, 5.74) is 1.71. The van der Waals surface area contributed by atoms with E-state index in [-0.39, 0.29) is 12.2 Å². The molecule has 1 atom stereocenters. The highest BCUT2D eigenvalue weighted by Crippen LogP contribution is 2.37. The molecular weight excluding hydrogens is 416 g/mol. The van der Waals surface area contributed by atoms with E-state index in [9.17, 15) is 14.4 Å². The van der Waals surface area contributed by atoms with Crippen LogP contribution in [0.3, 0.4) is 0 Å². The average molecular weight is 445 g/mol. The molecule has 0 radical (unpaired) electrons. The first-order valence-electron chi connectivity index (χ1n) is 10.8. The number of amides is 1. The fourth-order valence-corrected chi connectivity index (χ4v) is 4.90. The summed E-state index contributed by atoms with van der Waals surface area (Å²) >= 11 is 1.43. The number of anilines is 1. The molecule has 0 fully saturated rings. The molecule has 1 unspecified atom stereocenters. The number of esters is 2. The average Bonchev–Trinajstić information content (AvgIpc) is 3.08. The molecule has 1 aliphatic rings. The van der Waals surface area contributed by atoms with Crippen molar-refractivity contribution in [1.82, 2.24) is 4.98 Å². The van der Waals surface area contributed by atoms with Crippen molar-refractivity contribution in [2.45, 2.75) is 64.9 Å². The number of carbonyl (C=O) groups excluding carboxylic acids is 3. The molecule has 2 aromatic rings. The van der Waals surface area contributed by atoms with Crippen molar-refractivity contribution in [2.75, 3.05) is 11.9 Å². The summed E-state index contributed by atoms with van der Waals surface area (Å²) in [5.74, 6) is -1.49. The van der Waals surface area contributed by atoms with Crippen LogP contribution in [-0.4, -0.2) is 35.5 Å². The number of thiophene rings is 1. The topological polar surface area (TPSA) is 94.6 Å². The van der Waals surface area contributed by atoms with Crippen LogP contribution in [0.2, 0.25) is 0 Å². The highest BCUT2D eigenvalue weighted by Gasteiger charge is 2.29. The van der Waals surface area contributed by atoms with Crippen LogP contribution in [0.5, 0.6) is 0 Å². The smallest absolute Gasteiger partial charge is 0.341 e. The fraction of sp³-hybridized carbons (Fsp3) is 0.478. The van der Waals surface area contributed by atoms with Crippen LogP contribution in [0.25, 0.3) is 0 Å². The molecule has 0 aromatic carbocycles. The van der Waals surface area contributed by atoms with Gasteiger partial charge in [0.25, 0.3) is 5.91 Å². The summed E-state index contributed by atoms with van der Waals surface area (Å²) in [6, 6.07) is 3.21. The Bertz CT molecular complexity index is 926. The zero-order chi connectivity index (χ0) is 22.2. The molecule has 0 saturated heterocycles. The predicted molar refractivity (Wildman–Crippen MR) is 119 cm³/mol. The Hall–Kier alpha value is -2.74. The van der Waals surface area contributed by atoms with Crippen molar-refractivity contribution >= 4 is 34.2 Å². The van der Waals surface area contributed by atoms with Gasteiger partial charge in [-0.25, -0.2) is 9.59 Å². The maximum atomic E-state index is 12.9. The largest absolute Gasteiger partial charge is 0.462 e.